The molecule has 0 spiro atoms. The SMILES string of the molecule is COc1ccc(-n2nc(N3CCCC(C(=O)NC4CCCCCC4)C3)ccc2=O)cc1. The predicted octanol–water partition coefficient (Wildman–Crippen LogP) is 3.30. The van der Waals surface area contributed by atoms with Crippen molar-refractivity contribution in [3.63, 3.8) is 0 Å². The van der Waals surface area contributed by atoms with E-state index in [9.17, 15) is 9.59 Å². The Morgan fingerprint density at radius 2 is 1.74 bits per heavy atom. The Bertz CT molecular complexity index is 933. The van der Waals surface area contributed by atoms with Crippen molar-refractivity contribution in [3.05, 3.63) is 46.8 Å². The summed E-state index contributed by atoms with van der Waals surface area (Å²) in [4.78, 5) is 27.5. The first-order chi connectivity index (χ1) is 15.1. The highest BCUT2D eigenvalue weighted by Crippen LogP contribution is 2.23. The van der Waals surface area contributed by atoms with Crippen molar-refractivity contribution in [1.82, 2.24) is 15.1 Å². The van der Waals surface area contributed by atoms with Crippen molar-refractivity contribution in [2.75, 3.05) is 25.1 Å². The molecular formula is C24H32N4O3. The van der Waals surface area contributed by atoms with Gasteiger partial charge in [0.05, 0.1) is 18.7 Å². The zero-order valence-corrected chi connectivity index (χ0v) is 18.3. The number of amides is 1. The molecule has 1 saturated heterocycles. The highest BCUT2D eigenvalue weighted by Gasteiger charge is 2.28. The Hall–Kier alpha value is -2.83. The van der Waals surface area contributed by atoms with Crippen molar-refractivity contribution in [2.45, 2.75) is 57.4 Å². The minimum absolute atomic E-state index is 0.0415. The minimum Gasteiger partial charge on any atom is -0.497 e. The van der Waals surface area contributed by atoms with Crippen LogP contribution in [0.3, 0.4) is 0 Å². The van der Waals surface area contributed by atoms with Crippen LogP contribution in [0.4, 0.5) is 5.82 Å². The van der Waals surface area contributed by atoms with E-state index in [-0.39, 0.29) is 17.4 Å². The molecule has 1 aliphatic carbocycles. The number of nitrogens with one attached hydrogen (secondary N) is 1. The largest absolute Gasteiger partial charge is 0.497 e. The summed E-state index contributed by atoms with van der Waals surface area (Å²) in [5, 5.41) is 7.91. The van der Waals surface area contributed by atoms with Gasteiger partial charge in [0.25, 0.3) is 5.56 Å². The predicted molar refractivity (Wildman–Crippen MR) is 121 cm³/mol. The number of carbonyl (C=O) groups is 1. The van der Waals surface area contributed by atoms with Crippen LogP contribution in [-0.4, -0.2) is 41.9 Å². The summed E-state index contributed by atoms with van der Waals surface area (Å²) >= 11 is 0. The first kappa shape index (κ1) is 21.4. The van der Waals surface area contributed by atoms with E-state index in [1.54, 1.807) is 19.2 Å². The highest BCUT2D eigenvalue weighted by molar-refractivity contribution is 5.79. The number of hydrogen-bond donors (Lipinski definition) is 1. The lowest BCUT2D eigenvalue weighted by Gasteiger charge is -2.33. The number of aromatic nitrogens is 2. The third kappa shape index (κ3) is 5.27. The fourth-order valence-corrected chi connectivity index (χ4v) is 4.62. The monoisotopic (exact) mass is 424 g/mol. The molecule has 166 valence electrons. The van der Waals surface area contributed by atoms with E-state index < -0.39 is 0 Å². The van der Waals surface area contributed by atoms with Crippen LogP contribution >= 0.6 is 0 Å². The second-order valence-corrected chi connectivity index (χ2v) is 8.62. The number of rotatable bonds is 5. The third-order valence-corrected chi connectivity index (χ3v) is 6.42. The molecule has 1 amide bonds. The van der Waals surface area contributed by atoms with E-state index in [4.69, 9.17) is 4.74 Å². The van der Waals surface area contributed by atoms with Gasteiger partial charge in [0.1, 0.15) is 11.6 Å². The summed E-state index contributed by atoms with van der Waals surface area (Å²) in [6.07, 6.45) is 8.99. The van der Waals surface area contributed by atoms with Gasteiger partial charge in [0, 0.05) is 25.2 Å². The number of carbonyl (C=O) groups excluding carboxylic acids is 1. The number of anilines is 1. The van der Waals surface area contributed by atoms with Gasteiger partial charge >= 0.3 is 0 Å². The molecule has 1 saturated carbocycles. The fraction of sp³-hybridized carbons (Fsp3) is 0.542. The molecule has 7 heteroatoms. The number of ether oxygens (including phenoxy) is 1. The standard InChI is InChI=1S/C24H32N4O3/c1-31-21-12-10-20(11-13-21)28-23(29)15-14-22(26-28)27-16-6-7-18(17-27)24(30)25-19-8-4-2-3-5-9-19/h10-15,18-19H,2-9,16-17H2,1H3,(H,25,30). The Morgan fingerprint density at radius 1 is 1.00 bits per heavy atom. The number of piperidine rings is 1. The summed E-state index contributed by atoms with van der Waals surface area (Å²) < 4.78 is 6.60. The molecule has 1 aliphatic heterocycles. The van der Waals surface area contributed by atoms with Gasteiger partial charge in [-0.15, -0.1) is 5.10 Å². The van der Waals surface area contributed by atoms with Crippen LogP contribution in [0.25, 0.3) is 5.69 Å². The molecule has 1 aromatic heterocycles. The summed E-state index contributed by atoms with van der Waals surface area (Å²) in [6.45, 7) is 1.47. The lowest BCUT2D eigenvalue weighted by Crippen LogP contribution is -2.46. The van der Waals surface area contributed by atoms with Crippen molar-refractivity contribution >= 4 is 11.7 Å². The van der Waals surface area contributed by atoms with Gasteiger partial charge < -0.3 is 15.0 Å². The van der Waals surface area contributed by atoms with E-state index in [1.807, 2.05) is 24.3 Å². The Kier molecular flexibility index (Phi) is 6.89. The quantitative estimate of drug-likeness (QED) is 0.746. The van der Waals surface area contributed by atoms with E-state index in [0.717, 1.165) is 43.8 Å². The Morgan fingerprint density at radius 3 is 2.45 bits per heavy atom. The lowest BCUT2D eigenvalue weighted by molar-refractivity contribution is -0.126. The lowest BCUT2D eigenvalue weighted by atomic mass is 9.96. The third-order valence-electron chi connectivity index (χ3n) is 6.42. The molecule has 0 bridgehead atoms. The van der Waals surface area contributed by atoms with Gasteiger partial charge in [-0.1, -0.05) is 25.7 Å². The zero-order valence-electron chi connectivity index (χ0n) is 18.3. The topological polar surface area (TPSA) is 76.5 Å². The Balaban J connectivity index is 1.46. The molecule has 1 aromatic carbocycles. The Labute approximate surface area is 183 Å². The van der Waals surface area contributed by atoms with Crippen LogP contribution in [0.5, 0.6) is 5.75 Å². The highest BCUT2D eigenvalue weighted by atomic mass is 16.5. The first-order valence-corrected chi connectivity index (χ1v) is 11.4. The van der Waals surface area contributed by atoms with Gasteiger partial charge in [-0.05, 0) is 56.0 Å². The molecular weight excluding hydrogens is 392 g/mol. The first-order valence-electron chi connectivity index (χ1n) is 11.4. The van der Waals surface area contributed by atoms with E-state index in [1.165, 1.54) is 30.4 Å². The van der Waals surface area contributed by atoms with Gasteiger partial charge in [-0.25, -0.2) is 0 Å². The maximum absolute atomic E-state index is 12.9. The van der Waals surface area contributed by atoms with Crippen molar-refractivity contribution in [3.8, 4) is 11.4 Å². The maximum Gasteiger partial charge on any atom is 0.271 e. The molecule has 2 fully saturated rings. The molecule has 2 aliphatic rings. The second kappa shape index (κ2) is 9.98. The molecule has 2 aromatic rings. The van der Waals surface area contributed by atoms with Crippen LogP contribution in [0.1, 0.15) is 51.4 Å². The molecule has 0 radical (unpaired) electrons. The second-order valence-electron chi connectivity index (χ2n) is 8.62. The number of methoxy groups -OCH3 is 1. The molecule has 4 rings (SSSR count). The van der Waals surface area contributed by atoms with Crippen LogP contribution in [0.2, 0.25) is 0 Å². The van der Waals surface area contributed by atoms with Gasteiger partial charge in [-0.3, -0.25) is 9.59 Å². The van der Waals surface area contributed by atoms with E-state index in [0.29, 0.717) is 18.3 Å². The van der Waals surface area contributed by atoms with Crippen LogP contribution in [-0.2, 0) is 4.79 Å². The average molecular weight is 425 g/mol. The van der Waals surface area contributed by atoms with Crippen molar-refractivity contribution in [2.24, 2.45) is 5.92 Å². The van der Waals surface area contributed by atoms with Gasteiger partial charge in [0.15, 0.2) is 0 Å². The fourth-order valence-electron chi connectivity index (χ4n) is 4.62. The van der Waals surface area contributed by atoms with E-state index in [2.05, 4.69) is 15.3 Å². The summed E-state index contributed by atoms with van der Waals surface area (Å²) in [5.41, 5.74) is 0.501. The number of nitrogens with zero attached hydrogens (tertiary/aromatic N) is 3. The molecule has 1 unspecified atom stereocenters. The summed E-state index contributed by atoms with van der Waals surface area (Å²) in [5.74, 6) is 1.58. The van der Waals surface area contributed by atoms with Crippen molar-refractivity contribution in [1.29, 1.82) is 0 Å². The summed E-state index contributed by atoms with van der Waals surface area (Å²) in [6, 6.07) is 10.9. The maximum atomic E-state index is 12.9. The van der Waals surface area contributed by atoms with Crippen LogP contribution < -0.4 is 20.5 Å². The number of hydrogen-bond acceptors (Lipinski definition) is 5. The molecule has 2 heterocycles. The van der Waals surface area contributed by atoms with Gasteiger partial charge in [0.2, 0.25) is 5.91 Å². The molecule has 1 atom stereocenters. The normalized spacial score (nSPS) is 20.2. The smallest absolute Gasteiger partial charge is 0.271 e. The van der Waals surface area contributed by atoms with Crippen LogP contribution in [0.15, 0.2) is 41.2 Å². The summed E-state index contributed by atoms with van der Waals surface area (Å²) in [7, 11) is 1.61. The van der Waals surface area contributed by atoms with E-state index >= 15 is 0 Å². The zero-order chi connectivity index (χ0) is 21.6. The van der Waals surface area contributed by atoms with Gasteiger partial charge in [-0.2, -0.15) is 4.68 Å². The van der Waals surface area contributed by atoms with Crippen molar-refractivity contribution < 1.29 is 9.53 Å². The number of benzene rings is 1. The van der Waals surface area contributed by atoms with Crippen LogP contribution in [0, 0.1) is 5.92 Å². The molecule has 1 N–H and O–H groups in total. The minimum atomic E-state index is -0.186. The average Bonchev–Trinajstić information content (AvgIpc) is 3.08. The molecule has 31 heavy (non-hydrogen) atoms. The molecule has 7 nitrogen and oxygen atoms in total.